The number of fused-ring (bicyclic) bond motifs is 1. The van der Waals surface area contributed by atoms with Gasteiger partial charge in [0.2, 0.25) is 0 Å². The molecule has 1 aromatic carbocycles. The average molecular weight is 328 g/mol. The highest BCUT2D eigenvalue weighted by Crippen LogP contribution is 2.31. The normalized spacial score (nSPS) is 21.7. The topological polar surface area (TPSA) is 53.6 Å². The monoisotopic (exact) mass is 327 g/mol. The van der Waals surface area contributed by atoms with Gasteiger partial charge in [-0.15, -0.1) is 0 Å². The standard InChI is InChI=1S/C13H14BrNO4/c1-15-9-3-2-8(6-10(9)19-13(15)16)12(14)11-7-17-4-5-18-11/h2-3,6,11-12H,4-5,7H2,1H3. The molecule has 6 heteroatoms. The molecule has 2 heterocycles. The van der Waals surface area contributed by atoms with Gasteiger partial charge in [0.15, 0.2) is 5.58 Å². The van der Waals surface area contributed by atoms with Crippen LogP contribution in [0.4, 0.5) is 0 Å². The highest BCUT2D eigenvalue weighted by atomic mass is 79.9. The largest absolute Gasteiger partial charge is 0.419 e. The minimum absolute atomic E-state index is 0.0164. The lowest BCUT2D eigenvalue weighted by molar-refractivity contribution is -0.0876. The molecule has 0 N–H and O–H groups in total. The Labute approximate surface area is 118 Å². The maximum atomic E-state index is 11.5. The molecule has 0 radical (unpaired) electrons. The molecule has 3 rings (SSSR count). The summed E-state index contributed by atoms with van der Waals surface area (Å²) in [6.07, 6.45) is -0.0263. The summed E-state index contributed by atoms with van der Waals surface area (Å²) in [6.45, 7) is 1.81. The summed E-state index contributed by atoms with van der Waals surface area (Å²) < 4.78 is 17.7. The minimum Gasteiger partial charge on any atom is -0.408 e. The molecule has 1 saturated heterocycles. The molecule has 0 aliphatic carbocycles. The van der Waals surface area contributed by atoms with E-state index in [1.807, 2.05) is 18.2 Å². The maximum absolute atomic E-state index is 11.5. The van der Waals surface area contributed by atoms with Crippen molar-refractivity contribution in [2.75, 3.05) is 19.8 Å². The number of hydrogen-bond acceptors (Lipinski definition) is 4. The number of aromatic nitrogens is 1. The summed E-state index contributed by atoms with van der Waals surface area (Å²) in [5.41, 5.74) is 2.39. The van der Waals surface area contributed by atoms with Gasteiger partial charge in [-0.1, -0.05) is 22.0 Å². The summed E-state index contributed by atoms with van der Waals surface area (Å²) in [4.78, 5) is 11.5. The quantitative estimate of drug-likeness (QED) is 0.791. The van der Waals surface area contributed by atoms with Crippen LogP contribution in [0, 0.1) is 0 Å². The van der Waals surface area contributed by atoms with E-state index in [1.54, 1.807) is 7.05 Å². The summed E-state index contributed by atoms with van der Waals surface area (Å²) >= 11 is 3.63. The predicted octanol–water partition coefficient (Wildman–Crippen LogP) is 1.98. The fraction of sp³-hybridized carbons (Fsp3) is 0.462. The van der Waals surface area contributed by atoms with Crippen molar-refractivity contribution in [3.63, 3.8) is 0 Å². The molecule has 1 aliphatic rings. The van der Waals surface area contributed by atoms with E-state index in [0.717, 1.165) is 11.1 Å². The Kier molecular flexibility index (Phi) is 3.47. The summed E-state index contributed by atoms with van der Waals surface area (Å²) in [7, 11) is 1.69. The molecule has 19 heavy (non-hydrogen) atoms. The van der Waals surface area contributed by atoms with Gasteiger partial charge in [-0.25, -0.2) is 4.79 Å². The molecule has 1 fully saturated rings. The number of benzene rings is 1. The van der Waals surface area contributed by atoms with Crippen molar-refractivity contribution in [1.82, 2.24) is 4.57 Å². The zero-order valence-electron chi connectivity index (χ0n) is 10.5. The first-order chi connectivity index (χ1) is 9.16. The average Bonchev–Trinajstić information content (AvgIpc) is 2.74. The number of ether oxygens (including phenoxy) is 2. The molecule has 102 valence electrons. The van der Waals surface area contributed by atoms with Gasteiger partial charge in [0.25, 0.3) is 0 Å². The molecule has 0 saturated carbocycles. The zero-order chi connectivity index (χ0) is 13.4. The van der Waals surface area contributed by atoms with Crippen LogP contribution in [0.3, 0.4) is 0 Å². The third-order valence-electron chi connectivity index (χ3n) is 3.30. The summed E-state index contributed by atoms with van der Waals surface area (Å²) in [5.74, 6) is -0.351. The van der Waals surface area contributed by atoms with E-state index in [9.17, 15) is 4.79 Å². The molecule has 1 aromatic heterocycles. The van der Waals surface area contributed by atoms with E-state index >= 15 is 0 Å². The molecular formula is C13H14BrNO4. The maximum Gasteiger partial charge on any atom is 0.419 e. The number of oxazole rings is 1. The van der Waals surface area contributed by atoms with Crippen molar-refractivity contribution in [2.45, 2.75) is 10.9 Å². The lowest BCUT2D eigenvalue weighted by Gasteiger charge is -2.27. The fourth-order valence-electron chi connectivity index (χ4n) is 2.21. The van der Waals surface area contributed by atoms with Crippen LogP contribution in [0.2, 0.25) is 0 Å². The molecular weight excluding hydrogens is 314 g/mol. The number of nitrogens with zero attached hydrogens (tertiary/aromatic N) is 1. The van der Waals surface area contributed by atoms with E-state index in [-0.39, 0.29) is 16.7 Å². The fourth-order valence-corrected chi connectivity index (χ4v) is 2.80. The predicted molar refractivity (Wildman–Crippen MR) is 73.7 cm³/mol. The minimum atomic E-state index is -0.351. The van der Waals surface area contributed by atoms with Crippen LogP contribution in [-0.4, -0.2) is 30.5 Å². The first-order valence-electron chi connectivity index (χ1n) is 6.10. The summed E-state index contributed by atoms with van der Waals surface area (Å²) in [5, 5.41) is 0. The highest BCUT2D eigenvalue weighted by Gasteiger charge is 2.25. The smallest absolute Gasteiger partial charge is 0.408 e. The number of rotatable bonds is 2. The molecule has 0 spiro atoms. The van der Waals surface area contributed by atoms with Crippen LogP contribution in [0.15, 0.2) is 27.4 Å². The van der Waals surface area contributed by atoms with Crippen molar-refractivity contribution < 1.29 is 13.9 Å². The number of aryl methyl sites for hydroxylation is 1. The van der Waals surface area contributed by atoms with E-state index in [1.165, 1.54) is 4.57 Å². The third-order valence-corrected chi connectivity index (χ3v) is 4.42. The third kappa shape index (κ3) is 2.35. The second kappa shape index (κ2) is 5.11. The Balaban J connectivity index is 1.94. The van der Waals surface area contributed by atoms with Gasteiger partial charge in [-0.2, -0.15) is 0 Å². The van der Waals surface area contributed by atoms with Crippen LogP contribution in [0.25, 0.3) is 11.1 Å². The van der Waals surface area contributed by atoms with Crippen LogP contribution >= 0.6 is 15.9 Å². The Morgan fingerprint density at radius 1 is 1.42 bits per heavy atom. The van der Waals surface area contributed by atoms with Crippen LogP contribution in [-0.2, 0) is 16.5 Å². The van der Waals surface area contributed by atoms with Crippen LogP contribution in [0.1, 0.15) is 10.4 Å². The Morgan fingerprint density at radius 3 is 3.00 bits per heavy atom. The van der Waals surface area contributed by atoms with Crippen molar-refractivity contribution in [3.05, 3.63) is 34.3 Å². The summed E-state index contributed by atoms with van der Waals surface area (Å²) in [6, 6.07) is 5.72. The van der Waals surface area contributed by atoms with Crippen molar-refractivity contribution in [2.24, 2.45) is 7.05 Å². The molecule has 2 aromatic rings. The number of halogens is 1. The second-order valence-electron chi connectivity index (χ2n) is 4.54. The van der Waals surface area contributed by atoms with Crippen LogP contribution < -0.4 is 5.76 Å². The SMILES string of the molecule is Cn1c(=O)oc2cc(C(Br)C3COCCO3)ccc21. The molecule has 2 unspecified atom stereocenters. The van der Waals surface area contributed by atoms with Gasteiger partial charge in [-0.05, 0) is 17.7 Å². The zero-order valence-corrected chi connectivity index (χ0v) is 12.1. The molecule has 1 aliphatic heterocycles. The van der Waals surface area contributed by atoms with E-state index in [0.29, 0.717) is 25.4 Å². The molecule has 0 bridgehead atoms. The van der Waals surface area contributed by atoms with Gasteiger partial charge in [0, 0.05) is 7.05 Å². The Morgan fingerprint density at radius 2 is 2.26 bits per heavy atom. The molecule has 2 atom stereocenters. The lowest BCUT2D eigenvalue weighted by atomic mass is 10.1. The molecule has 0 amide bonds. The van der Waals surface area contributed by atoms with E-state index in [2.05, 4.69) is 15.9 Å². The van der Waals surface area contributed by atoms with Crippen LogP contribution in [0.5, 0.6) is 0 Å². The number of alkyl halides is 1. The van der Waals surface area contributed by atoms with Crippen molar-refractivity contribution >= 4 is 27.0 Å². The number of hydrogen-bond donors (Lipinski definition) is 0. The van der Waals surface area contributed by atoms with Gasteiger partial charge < -0.3 is 13.9 Å². The first kappa shape index (κ1) is 12.9. The first-order valence-corrected chi connectivity index (χ1v) is 7.01. The van der Waals surface area contributed by atoms with Gasteiger partial charge in [-0.3, -0.25) is 4.57 Å². The van der Waals surface area contributed by atoms with Gasteiger partial charge >= 0.3 is 5.76 Å². The lowest BCUT2D eigenvalue weighted by Crippen LogP contribution is -2.31. The van der Waals surface area contributed by atoms with Crippen molar-refractivity contribution in [3.8, 4) is 0 Å². The van der Waals surface area contributed by atoms with Gasteiger partial charge in [0.05, 0.1) is 36.3 Å². The highest BCUT2D eigenvalue weighted by molar-refractivity contribution is 9.09. The molecule has 5 nitrogen and oxygen atoms in total. The van der Waals surface area contributed by atoms with Crippen molar-refractivity contribution in [1.29, 1.82) is 0 Å². The second-order valence-corrected chi connectivity index (χ2v) is 5.53. The Hall–Kier alpha value is -1.11. The van der Waals surface area contributed by atoms with E-state index < -0.39 is 0 Å². The Bertz CT molecular complexity index is 642. The van der Waals surface area contributed by atoms with Gasteiger partial charge in [0.1, 0.15) is 0 Å². The van der Waals surface area contributed by atoms with E-state index in [4.69, 9.17) is 13.9 Å².